The van der Waals surface area contributed by atoms with Gasteiger partial charge in [0.25, 0.3) is 0 Å². The molecule has 5 aromatic rings. The van der Waals surface area contributed by atoms with E-state index in [9.17, 15) is 4.79 Å². The molecule has 0 amide bonds. The quantitative estimate of drug-likeness (QED) is 0.479. The lowest BCUT2D eigenvalue weighted by Crippen LogP contribution is -2.12. The van der Waals surface area contributed by atoms with Gasteiger partial charge in [-0.25, -0.2) is 0 Å². The second-order valence-electron chi connectivity index (χ2n) is 6.52. The molecule has 26 heavy (non-hydrogen) atoms. The standard InChI is InChI=1S/C21H14ClN3O/c22-14-7-17-16-9-15(23)3-4-19(16)25-11-13(6-12-2-1-5-24-10-12)21(26)18(8-14)20(17)25/h1-5,7-11H,6,23H2. The second kappa shape index (κ2) is 5.44. The van der Waals surface area contributed by atoms with Gasteiger partial charge in [-0.05, 0) is 42.0 Å². The fourth-order valence-corrected chi connectivity index (χ4v) is 3.93. The largest absolute Gasteiger partial charge is 0.399 e. The number of hydrogen-bond donors (Lipinski definition) is 1. The first-order valence-electron chi connectivity index (χ1n) is 8.29. The van der Waals surface area contributed by atoms with Crippen LogP contribution in [0.3, 0.4) is 0 Å². The van der Waals surface area contributed by atoms with Crippen molar-refractivity contribution < 1.29 is 0 Å². The Hall–Kier alpha value is -3.11. The van der Waals surface area contributed by atoms with Gasteiger partial charge in [0.05, 0.1) is 11.0 Å². The van der Waals surface area contributed by atoms with Gasteiger partial charge in [-0.3, -0.25) is 9.78 Å². The minimum atomic E-state index is 0.00429. The number of nitrogens with two attached hydrogens (primary N) is 1. The van der Waals surface area contributed by atoms with Crippen molar-refractivity contribution in [3.05, 3.63) is 87.4 Å². The molecule has 0 bridgehead atoms. The van der Waals surface area contributed by atoms with Crippen LogP contribution in [0, 0.1) is 0 Å². The first-order valence-corrected chi connectivity index (χ1v) is 8.66. The maximum absolute atomic E-state index is 13.1. The van der Waals surface area contributed by atoms with Crippen molar-refractivity contribution in [2.75, 3.05) is 5.73 Å². The van der Waals surface area contributed by atoms with Crippen LogP contribution in [0.2, 0.25) is 5.02 Å². The minimum Gasteiger partial charge on any atom is -0.399 e. The molecule has 0 aliphatic rings. The molecule has 0 unspecified atom stereocenters. The molecular formula is C21H14ClN3O. The van der Waals surface area contributed by atoms with Gasteiger partial charge in [-0.2, -0.15) is 0 Å². The fraction of sp³-hybridized carbons (Fsp3) is 0.0476. The second-order valence-corrected chi connectivity index (χ2v) is 6.95. The number of aromatic nitrogens is 2. The Balaban J connectivity index is 1.91. The highest BCUT2D eigenvalue weighted by atomic mass is 35.5. The third-order valence-corrected chi connectivity index (χ3v) is 5.04. The van der Waals surface area contributed by atoms with E-state index in [1.165, 1.54) is 0 Å². The Morgan fingerprint density at radius 2 is 1.92 bits per heavy atom. The maximum Gasteiger partial charge on any atom is 0.193 e. The molecule has 0 fully saturated rings. The molecule has 126 valence electrons. The molecule has 3 aromatic heterocycles. The molecule has 5 heteroatoms. The highest BCUT2D eigenvalue weighted by molar-refractivity contribution is 6.33. The lowest BCUT2D eigenvalue weighted by Gasteiger charge is -2.07. The van der Waals surface area contributed by atoms with Gasteiger partial charge in [-0.1, -0.05) is 17.7 Å². The molecule has 4 nitrogen and oxygen atoms in total. The highest BCUT2D eigenvalue weighted by Gasteiger charge is 2.17. The number of pyridine rings is 2. The zero-order chi connectivity index (χ0) is 17.8. The summed E-state index contributed by atoms with van der Waals surface area (Å²) in [5, 5.41) is 3.11. The van der Waals surface area contributed by atoms with Gasteiger partial charge < -0.3 is 10.1 Å². The lowest BCUT2D eigenvalue weighted by molar-refractivity contribution is 1.09. The molecule has 0 aliphatic heterocycles. The first-order chi connectivity index (χ1) is 12.6. The summed E-state index contributed by atoms with van der Waals surface area (Å²) >= 11 is 6.33. The third kappa shape index (κ3) is 2.16. The van der Waals surface area contributed by atoms with Crippen LogP contribution in [-0.2, 0) is 6.42 Å². The van der Waals surface area contributed by atoms with Crippen molar-refractivity contribution in [2.24, 2.45) is 0 Å². The van der Waals surface area contributed by atoms with Crippen molar-refractivity contribution in [2.45, 2.75) is 6.42 Å². The lowest BCUT2D eigenvalue weighted by atomic mass is 10.0. The van der Waals surface area contributed by atoms with E-state index in [2.05, 4.69) is 9.38 Å². The summed E-state index contributed by atoms with van der Waals surface area (Å²) in [4.78, 5) is 17.3. The van der Waals surface area contributed by atoms with Crippen LogP contribution in [0.4, 0.5) is 5.69 Å². The molecule has 0 radical (unpaired) electrons. The molecule has 0 saturated heterocycles. The zero-order valence-electron chi connectivity index (χ0n) is 13.7. The number of fused-ring (bicyclic) bond motifs is 3. The summed E-state index contributed by atoms with van der Waals surface area (Å²) in [6, 6.07) is 13.3. The van der Waals surface area contributed by atoms with Gasteiger partial charge in [0.2, 0.25) is 0 Å². The fourth-order valence-electron chi connectivity index (χ4n) is 3.71. The van der Waals surface area contributed by atoms with E-state index in [1.807, 2.05) is 42.6 Å². The summed E-state index contributed by atoms with van der Waals surface area (Å²) in [7, 11) is 0. The molecule has 5 rings (SSSR count). The number of halogens is 1. The average molecular weight is 360 g/mol. The van der Waals surface area contributed by atoms with Gasteiger partial charge in [-0.15, -0.1) is 0 Å². The van der Waals surface area contributed by atoms with Crippen LogP contribution < -0.4 is 11.2 Å². The van der Waals surface area contributed by atoms with Crippen molar-refractivity contribution >= 4 is 44.5 Å². The number of nitrogen functional groups attached to an aromatic ring is 1. The molecule has 0 spiro atoms. The summed E-state index contributed by atoms with van der Waals surface area (Å²) in [6.07, 6.45) is 5.96. The third-order valence-electron chi connectivity index (χ3n) is 4.82. The van der Waals surface area contributed by atoms with Gasteiger partial charge >= 0.3 is 0 Å². The van der Waals surface area contributed by atoms with E-state index in [-0.39, 0.29) is 5.43 Å². The molecule has 2 N–H and O–H groups in total. The summed E-state index contributed by atoms with van der Waals surface area (Å²) in [6.45, 7) is 0. The summed E-state index contributed by atoms with van der Waals surface area (Å²) < 4.78 is 2.07. The Kier molecular flexibility index (Phi) is 3.18. The number of nitrogens with zero attached hydrogens (tertiary/aromatic N) is 2. The Bertz CT molecular complexity index is 1340. The van der Waals surface area contributed by atoms with Crippen molar-refractivity contribution in [3.8, 4) is 0 Å². The van der Waals surface area contributed by atoms with Crippen LogP contribution in [0.15, 0.2) is 65.8 Å². The summed E-state index contributed by atoms with van der Waals surface area (Å²) in [5.74, 6) is 0. The van der Waals surface area contributed by atoms with Crippen LogP contribution in [0.1, 0.15) is 11.1 Å². The van der Waals surface area contributed by atoms with Crippen LogP contribution in [0.5, 0.6) is 0 Å². The monoisotopic (exact) mass is 359 g/mol. The van der Waals surface area contributed by atoms with E-state index < -0.39 is 0 Å². The van der Waals surface area contributed by atoms with Crippen molar-refractivity contribution in [1.82, 2.24) is 9.38 Å². The van der Waals surface area contributed by atoms with Crippen molar-refractivity contribution in [1.29, 1.82) is 0 Å². The van der Waals surface area contributed by atoms with Gasteiger partial charge in [0.1, 0.15) is 0 Å². The van der Waals surface area contributed by atoms with Crippen LogP contribution in [-0.4, -0.2) is 9.38 Å². The van der Waals surface area contributed by atoms with Crippen molar-refractivity contribution in [3.63, 3.8) is 0 Å². The maximum atomic E-state index is 13.1. The van der Waals surface area contributed by atoms with Crippen LogP contribution in [0.25, 0.3) is 27.2 Å². The van der Waals surface area contributed by atoms with Gasteiger partial charge in [0.15, 0.2) is 5.43 Å². The molecular weight excluding hydrogens is 346 g/mol. The molecule has 0 saturated carbocycles. The Morgan fingerprint density at radius 3 is 2.73 bits per heavy atom. The Morgan fingerprint density at radius 1 is 1.08 bits per heavy atom. The minimum absolute atomic E-state index is 0.00429. The van der Waals surface area contributed by atoms with E-state index in [4.69, 9.17) is 17.3 Å². The van der Waals surface area contributed by atoms with Gasteiger partial charge in [0, 0.05) is 57.4 Å². The smallest absolute Gasteiger partial charge is 0.193 e. The average Bonchev–Trinajstić information content (AvgIpc) is 2.93. The molecule has 2 aromatic carbocycles. The topological polar surface area (TPSA) is 60.4 Å². The van der Waals surface area contributed by atoms with E-state index >= 15 is 0 Å². The predicted molar refractivity (Wildman–Crippen MR) is 106 cm³/mol. The van der Waals surface area contributed by atoms with E-state index in [0.717, 1.165) is 27.4 Å². The number of rotatable bonds is 2. The normalized spacial score (nSPS) is 11.7. The number of benzene rings is 2. The Labute approximate surface area is 153 Å². The molecule has 3 heterocycles. The first kappa shape index (κ1) is 15.2. The van der Waals surface area contributed by atoms with Crippen LogP contribution >= 0.6 is 11.6 Å². The molecule has 0 atom stereocenters. The number of anilines is 1. The summed E-state index contributed by atoms with van der Waals surface area (Å²) in [5.41, 5.74) is 10.3. The highest BCUT2D eigenvalue weighted by Crippen LogP contribution is 2.34. The molecule has 0 aliphatic carbocycles. The van der Waals surface area contributed by atoms with E-state index in [0.29, 0.717) is 28.1 Å². The predicted octanol–water partition coefficient (Wildman–Crippen LogP) is 4.27. The number of hydrogen-bond acceptors (Lipinski definition) is 3. The SMILES string of the molecule is Nc1ccc2c(c1)c1cc(Cl)cc3c(=O)c(Cc4cccnc4)cn2c31. The van der Waals surface area contributed by atoms with E-state index in [1.54, 1.807) is 18.5 Å². The zero-order valence-corrected chi connectivity index (χ0v) is 14.5.